The third kappa shape index (κ3) is 3.89. The van der Waals surface area contributed by atoms with E-state index in [1.54, 1.807) is 12.1 Å². The summed E-state index contributed by atoms with van der Waals surface area (Å²) in [6.07, 6.45) is 0. The van der Waals surface area contributed by atoms with Gasteiger partial charge in [0.15, 0.2) is 7.51 Å². The van der Waals surface area contributed by atoms with Crippen LogP contribution in [-0.2, 0) is 6.54 Å². The van der Waals surface area contributed by atoms with E-state index in [1.165, 1.54) is 12.1 Å². The zero-order valence-electron chi connectivity index (χ0n) is 13.5. The van der Waals surface area contributed by atoms with Gasteiger partial charge < -0.3 is 0 Å². The summed E-state index contributed by atoms with van der Waals surface area (Å²) in [6, 6.07) is 6.56. The molecular weight excluding hydrogens is 289 g/mol. The van der Waals surface area contributed by atoms with Crippen LogP contribution in [0.1, 0.15) is 5.56 Å². The number of nitro benzene ring substituents is 1. The first-order valence-electron chi connectivity index (χ1n) is 6.56. The molecule has 1 aromatic carbocycles. The van der Waals surface area contributed by atoms with Crippen molar-refractivity contribution in [2.75, 3.05) is 42.3 Å². The summed E-state index contributed by atoms with van der Waals surface area (Å²) in [5.41, 5.74) is 1.07. The second-order valence-corrected chi connectivity index (χ2v) is 9.06. The van der Waals surface area contributed by atoms with Crippen LogP contribution in [0.2, 0.25) is 0 Å². The van der Waals surface area contributed by atoms with Gasteiger partial charge in [0.1, 0.15) is 0 Å². The fourth-order valence-corrected chi connectivity index (χ4v) is 5.61. The van der Waals surface area contributed by atoms with Gasteiger partial charge in [-0.2, -0.15) is 0 Å². The van der Waals surface area contributed by atoms with Gasteiger partial charge in [0, 0.05) is 12.1 Å². The highest BCUT2D eigenvalue weighted by molar-refractivity contribution is 7.58. The largest absolute Gasteiger partial charge is 0.269 e. The minimum atomic E-state index is -1.92. The van der Waals surface area contributed by atoms with Gasteiger partial charge >= 0.3 is 0 Å². The highest BCUT2D eigenvalue weighted by Gasteiger charge is 2.27. The molecule has 1 rings (SSSR count). The molecule has 0 atom stereocenters. The first kappa shape index (κ1) is 17.8. The Balaban J connectivity index is 3.11. The second kappa shape index (κ2) is 7.13. The molecule has 0 aromatic heterocycles. The molecule has 0 aliphatic heterocycles. The zero-order chi connectivity index (χ0) is 16.2. The number of nitro groups is 1. The molecule has 0 saturated carbocycles. The number of benzene rings is 1. The van der Waals surface area contributed by atoms with E-state index in [0.29, 0.717) is 6.54 Å². The van der Waals surface area contributed by atoms with Gasteiger partial charge in [-0.05, 0) is 47.8 Å². The van der Waals surface area contributed by atoms with E-state index in [4.69, 9.17) is 4.74 Å². The molecule has 8 heteroatoms. The summed E-state index contributed by atoms with van der Waals surface area (Å²) in [6.45, 7) is 0.528. The summed E-state index contributed by atoms with van der Waals surface area (Å²) >= 11 is 0. The molecule has 0 saturated heterocycles. The number of non-ortho nitro benzene ring substituents is 1. The minimum absolute atomic E-state index is 0.104. The van der Waals surface area contributed by atoms with Gasteiger partial charge in [-0.1, -0.05) is 12.1 Å². The van der Waals surface area contributed by atoms with Crippen molar-refractivity contribution in [1.29, 1.82) is 0 Å². The van der Waals surface area contributed by atoms with Crippen LogP contribution in [0.25, 0.3) is 0 Å². The highest BCUT2D eigenvalue weighted by Crippen LogP contribution is 2.55. The Labute approximate surface area is 126 Å². The quantitative estimate of drug-likeness (QED) is 0.459. The lowest BCUT2D eigenvalue weighted by Gasteiger charge is -2.41. The topological polar surface area (TPSA) is 65.2 Å². The van der Waals surface area contributed by atoms with Gasteiger partial charge in [0.25, 0.3) is 5.69 Å². The van der Waals surface area contributed by atoms with Crippen molar-refractivity contribution in [2.45, 2.75) is 6.54 Å². The average Bonchev–Trinajstić information content (AvgIpc) is 2.38. The van der Waals surface area contributed by atoms with Crippen molar-refractivity contribution in [1.82, 2.24) is 14.0 Å². The van der Waals surface area contributed by atoms with Crippen molar-refractivity contribution in [3.05, 3.63) is 39.9 Å². The Bertz CT molecular complexity index is 511. The molecule has 0 N–H and O–H groups in total. The van der Waals surface area contributed by atoms with Crippen molar-refractivity contribution < 1.29 is 4.92 Å². The van der Waals surface area contributed by atoms with Crippen LogP contribution in [0.3, 0.4) is 0 Å². The maximum absolute atomic E-state index is 10.7. The maximum atomic E-state index is 10.7. The van der Waals surface area contributed by atoms with Crippen LogP contribution in [0.5, 0.6) is 0 Å². The summed E-state index contributed by atoms with van der Waals surface area (Å²) in [7, 11) is 10.2. The van der Waals surface area contributed by atoms with Gasteiger partial charge in [-0.15, -0.1) is 0 Å². The van der Waals surface area contributed by atoms with Crippen molar-refractivity contribution >= 4 is 13.2 Å². The number of hydrogen-bond donors (Lipinski definition) is 0. The van der Waals surface area contributed by atoms with Crippen LogP contribution in [-0.4, -0.2) is 61.2 Å². The van der Waals surface area contributed by atoms with E-state index >= 15 is 0 Å². The van der Waals surface area contributed by atoms with Crippen molar-refractivity contribution in [2.24, 2.45) is 4.74 Å². The third-order valence-corrected chi connectivity index (χ3v) is 6.94. The summed E-state index contributed by atoms with van der Waals surface area (Å²) in [4.78, 5) is 10.3. The van der Waals surface area contributed by atoms with Gasteiger partial charge in [-0.25, -0.2) is 0 Å². The molecule has 118 valence electrons. The van der Waals surface area contributed by atoms with E-state index in [9.17, 15) is 10.1 Å². The SMILES string of the molecule is CN(C)P(=NCc1ccc([N+](=O)[O-])cc1)(N(C)C)N(C)C. The lowest BCUT2D eigenvalue weighted by molar-refractivity contribution is -0.384. The zero-order valence-corrected chi connectivity index (χ0v) is 14.4. The first-order chi connectivity index (χ1) is 9.71. The van der Waals surface area contributed by atoms with E-state index in [-0.39, 0.29) is 5.69 Å². The monoisotopic (exact) mass is 313 g/mol. The van der Waals surface area contributed by atoms with Crippen LogP contribution in [0, 0.1) is 10.1 Å². The van der Waals surface area contributed by atoms with Crippen molar-refractivity contribution in [3.63, 3.8) is 0 Å². The second-order valence-electron chi connectivity index (χ2n) is 5.30. The molecule has 21 heavy (non-hydrogen) atoms. The molecule has 1 aromatic rings. The summed E-state index contributed by atoms with van der Waals surface area (Å²) < 4.78 is 11.3. The fraction of sp³-hybridized carbons (Fsp3) is 0.538. The van der Waals surface area contributed by atoms with Crippen LogP contribution in [0.15, 0.2) is 29.0 Å². The Hall–Kier alpha value is -1.27. The first-order valence-corrected chi connectivity index (χ1v) is 8.16. The highest BCUT2D eigenvalue weighted by atomic mass is 31.2. The average molecular weight is 313 g/mol. The van der Waals surface area contributed by atoms with Crippen LogP contribution < -0.4 is 0 Å². The number of nitrogens with zero attached hydrogens (tertiary/aromatic N) is 5. The maximum Gasteiger partial charge on any atom is 0.269 e. The van der Waals surface area contributed by atoms with Crippen LogP contribution >= 0.6 is 7.51 Å². The molecule has 0 bridgehead atoms. The van der Waals surface area contributed by atoms with Crippen LogP contribution in [0.4, 0.5) is 5.69 Å². The lowest BCUT2D eigenvalue weighted by Crippen LogP contribution is -2.30. The molecule has 0 heterocycles. The smallest absolute Gasteiger partial charge is 0.258 e. The molecule has 0 aliphatic rings. The predicted octanol–water partition coefficient (Wildman–Crippen LogP) is 2.73. The molecule has 7 nitrogen and oxygen atoms in total. The Morgan fingerprint density at radius 2 is 1.43 bits per heavy atom. The lowest BCUT2D eigenvalue weighted by atomic mass is 10.2. The Kier molecular flexibility index (Phi) is 6.04. The molecule has 0 fully saturated rings. The standard InChI is InChI=1S/C13H24N5O2P/c1-15(2)21(16(3)4,17(5)6)14-11-12-7-9-13(10-8-12)18(19)20/h7-10H,11H2,1-6H3. The molecule has 0 amide bonds. The van der Waals surface area contributed by atoms with Gasteiger partial charge in [0.05, 0.1) is 11.5 Å². The normalized spacial score (nSPS) is 12.2. The summed E-state index contributed by atoms with van der Waals surface area (Å²) in [5, 5.41) is 10.7. The van der Waals surface area contributed by atoms with E-state index < -0.39 is 12.4 Å². The molecule has 0 unspecified atom stereocenters. The molecular formula is C13H24N5O2P. The molecule has 0 spiro atoms. The van der Waals surface area contributed by atoms with E-state index in [0.717, 1.165) is 5.56 Å². The predicted molar refractivity (Wildman–Crippen MR) is 87.2 cm³/mol. The third-order valence-electron chi connectivity index (χ3n) is 3.20. The van der Waals surface area contributed by atoms with E-state index in [2.05, 4.69) is 14.0 Å². The van der Waals surface area contributed by atoms with E-state index in [1.807, 2.05) is 42.3 Å². The molecule has 0 radical (unpaired) electrons. The molecule has 0 aliphatic carbocycles. The Morgan fingerprint density at radius 3 is 1.76 bits per heavy atom. The summed E-state index contributed by atoms with van der Waals surface area (Å²) in [5.74, 6) is 0. The Morgan fingerprint density at radius 1 is 1.00 bits per heavy atom. The van der Waals surface area contributed by atoms with Gasteiger partial charge in [0.2, 0.25) is 0 Å². The van der Waals surface area contributed by atoms with Crippen molar-refractivity contribution in [3.8, 4) is 0 Å². The fourth-order valence-electron chi connectivity index (χ4n) is 2.35. The number of hydrogen-bond acceptors (Lipinski definition) is 3. The number of rotatable bonds is 6. The minimum Gasteiger partial charge on any atom is -0.258 e. The van der Waals surface area contributed by atoms with Gasteiger partial charge in [-0.3, -0.25) is 28.9 Å².